The van der Waals surface area contributed by atoms with Crippen molar-refractivity contribution in [3.63, 3.8) is 0 Å². The second-order valence-corrected chi connectivity index (χ2v) is 12.5. The van der Waals surface area contributed by atoms with E-state index < -0.39 is 0 Å². The lowest BCUT2D eigenvalue weighted by Crippen LogP contribution is -2.19. The summed E-state index contributed by atoms with van der Waals surface area (Å²) in [6.07, 6.45) is 10.1. The summed E-state index contributed by atoms with van der Waals surface area (Å²) in [5.74, 6) is 1.25. The lowest BCUT2D eigenvalue weighted by atomic mass is 10.1. The number of nitrogens with zero attached hydrogens (tertiary/aromatic N) is 6. The molecule has 0 bridgehead atoms. The Balaban J connectivity index is 0.000000149. The van der Waals surface area contributed by atoms with Crippen LogP contribution in [0.5, 0.6) is 11.5 Å². The first-order chi connectivity index (χ1) is 24.3. The molecule has 1 saturated heterocycles. The SMILES string of the molecule is O=C1C/C(=C\c2cnn3c(NC4CC4)cc(-c4cccc(O)c4)nc23)C(=O)N1.O=Cc1cnn2c(NC3CC3)cc(-c3cccc(O)c3)nc12. The zero-order chi connectivity index (χ0) is 34.4. The molecular formula is C36H31N9O5. The highest BCUT2D eigenvalue weighted by molar-refractivity contribution is 6.15. The maximum Gasteiger partial charge on any atom is 0.254 e. The molecule has 3 fully saturated rings. The van der Waals surface area contributed by atoms with Crippen molar-refractivity contribution in [2.45, 2.75) is 44.2 Å². The highest BCUT2D eigenvalue weighted by atomic mass is 16.3. The standard InChI is InChI=1S/C20H17N5O3.C16H14N4O2/c26-15-3-1-2-11(7-15)16-9-17(22-14-4-5-14)25-19(23-16)13(10-21-25)6-12-8-18(27)24-20(12)28;21-9-11-8-17-20-15(18-12-4-5-12)7-14(19-16(11)20)10-2-1-3-13(22)6-10/h1-3,6-7,9-10,14,22,26H,4-5,8H2,(H,24,27,28);1-3,6-9,12,18,22H,4-5H2/b12-6+;. The van der Waals surface area contributed by atoms with Crippen LogP contribution in [0.25, 0.3) is 39.9 Å². The number of aldehydes is 1. The molecule has 2 saturated carbocycles. The fourth-order valence-electron chi connectivity index (χ4n) is 5.66. The second kappa shape index (κ2) is 12.5. The van der Waals surface area contributed by atoms with Crippen LogP contribution in [0.1, 0.15) is 48.0 Å². The van der Waals surface area contributed by atoms with Gasteiger partial charge < -0.3 is 20.8 Å². The van der Waals surface area contributed by atoms with E-state index in [0.29, 0.717) is 51.5 Å². The Morgan fingerprint density at radius 3 is 1.72 bits per heavy atom. The fourth-order valence-corrected chi connectivity index (χ4v) is 5.66. The Hall–Kier alpha value is -6.57. The van der Waals surface area contributed by atoms with Crippen LogP contribution >= 0.6 is 0 Å². The van der Waals surface area contributed by atoms with Gasteiger partial charge in [0.1, 0.15) is 23.1 Å². The normalized spacial score (nSPS) is 16.4. The summed E-state index contributed by atoms with van der Waals surface area (Å²) in [6.45, 7) is 0. The molecule has 2 aliphatic carbocycles. The van der Waals surface area contributed by atoms with E-state index in [1.807, 2.05) is 24.3 Å². The first kappa shape index (κ1) is 30.7. The third-order valence-electron chi connectivity index (χ3n) is 8.49. The van der Waals surface area contributed by atoms with Gasteiger partial charge in [0.25, 0.3) is 5.91 Å². The molecule has 50 heavy (non-hydrogen) atoms. The van der Waals surface area contributed by atoms with E-state index in [2.05, 4.69) is 31.1 Å². The van der Waals surface area contributed by atoms with Crippen molar-refractivity contribution < 1.29 is 24.6 Å². The summed E-state index contributed by atoms with van der Waals surface area (Å²) >= 11 is 0. The molecule has 14 nitrogen and oxygen atoms in total. The van der Waals surface area contributed by atoms with Crippen molar-refractivity contribution in [3.05, 3.63) is 89.8 Å². The molecule has 14 heteroatoms. The molecule has 1 aliphatic heterocycles. The van der Waals surface area contributed by atoms with Crippen molar-refractivity contribution in [1.82, 2.24) is 34.5 Å². The Labute approximate surface area is 284 Å². The van der Waals surface area contributed by atoms with Gasteiger partial charge >= 0.3 is 0 Å². The van der Waals surface area contributed by atoms with E-state index in [4.69, 9.17) is 4.98 Å². The molecule has 4 aromatic heterocycles. The number of rotatable bonds is 8. The van der Waals surface area contributed by atoms with Gasteiger partial charge in [-0.1, -0.05) is 24.3 Å². The highest BCUT2D eigenvalue weighted by Gasteiger charge is 2.26. The average molecular weight is 670 g/mol. The molecule has 2 amide bonds. The molecule has 9 rings (SSSR count). The molecule has 5 N–H and O–H groups in total. The monoisotopic (exact) mass is 669 g/mol. The molecule has 3 aliphatic rings. The van der Waals surface area contributed by atoms with Crippen LogP contribution in [0.4, 0.5) is 11.6 Å². The number of aromatic nitrogens is 6. The van der Waals surface area contributed by atoms with E-state index >= 15 is 0 Å². The summed E-state index contributed by atoms with van der Waals surface area (Å²) in [5.41, 5.74) is 5.51. The topological polar surface area (TPSA) is 188 Å². The van der Waals surface area contributed by atoms with Gasteiger partial charge in [-0.3, -0.25) is 19.7 Å². The number of carbonyl (C=O) groups excluding carboxylic acids is 3. The van der Waals surface area contributed by atoms with Crippen LogP contribution in [-0.2, 0) is 9.59 Å². The summed E-state index contributed by atoms with van der Waals surface area (Å²) in [7, 11) is 0. The lowest BCUT2D eigenvalue weighted by molar-refractivity contribution is -0.124. The summed E-state index contributed by atoms with van der Waals surface area (Å²) in [4.78, 5) is 43.8. The molecule has 5 heterocycles. The van der Waals surface area contributed by atoms with Gasteiger partial charge in [-0.25, -0.2) is 9.97 Å². The molecule has 0 atom stereocenters. The van der Waals surface area contributed by atoms with E-state index in [1.165, 1.54) is 6.20 Å². The predicted octanol–water partition coefficient (Wildman–Crippen LogP) is 4.59. The van der Waals surface area contributed by atoms with Crippen LogP contribution in [0.3, 0.4) is 0 Å². The number of fused-ring (bicyclic) bond motifs is 2. The molecule has 0 unspecified atom stereocenters. The van der Waals surface area contributed by atoms with Crippen molar-refractivity contribution >= 4 is 47.1 Å². The molecule has 2 aromatic carbocycles. The Bertz CT molecular complexity index is 2350. The number of anilines is 2. The van der Waals surface area contributed by atoms with E-state index in [9.17, 15) is 24.6 Å². The minimum absolute atomic E-state index is 0.0512. The van der Waals surface area contributed by atoms with Crippen molar-refractivity contribution in [3.8, 4) is 34.0 Å². The number of amides is 2. The first-order valence-corrected chi connectivity index (χ1v) is 16.2. The second-order valence-electron chi connectivity index (χ2n) is 12.5. The average Bonchev–Trinajstić information content (AvgIpc) is 4.00. The lowest BCUT2D eigenvalue weighted by Gasteiger charge is -2.10. The Morgan fingerprint density at radius 1 is 0.740 bits per heavy atom. The molecular weight excluding hydrogens is 638 g/mol. The number of phenolic OH excluding ortho intramolecular Hbond substituents is 2. The largest absolute Gasteiger partial charge is 0.508 e. The fraction of sp³-hybridized carbons (Fsp3) is 0.194. The van der Waals surface area contributed by atoms with Crippen LogP contribution in [-0.4, -0.2) is 69.6 Å². The number of benzene rings is 2. The maximum atomic E-state index is 11.9. The zero-order valence-electron chi connectivity index (χ0n) is 26.6. The number of imide groups is 1. The minimum Gasteiger partial charge on any atom is -0.508 e. The number of carbonyl (C=O) groups is 3. The van der Waals surface area contributed by atoms with Gasteiger partial charge in [-0.2, -0.15) is 19.2 Å². The molecule has 0 spiro atoms. The molecule has 250 valence electrons. The van der Waals surface area contributed by atoms with Crippen LogP contribution in [0.2, 0.25) is 0 Å². The Morgan fingerprint density at radius 2 is 1.26 bits per heavy atom. The van der Waals surface area contributed by atoms with Crippen molar-refractivity contribution in [1.29, 1.82) is 0 Å². The third-order valence-corrected chi connectivity index (χ3v) is 8.49. The number of phenols is 2. The molecule has 0 radical (unpaired) electrons. The predicted molar refractivity (Wildman–Crippen MR) is 185 cm³/mol. The summed E-state index contributed by atoms with van der Waals surface area (Å²) < 4.78 is 3.35. The number of aromatic hydroxyl groups is 2. The van der Waals surface area contributed by atoms with E-state index in [1.54, 1.807) is 57.7 Å². The van der Waals surface area contributed by atoms with E-state index in [-0.39, 0.29) is 29.7 Å². The van der Waals surface area contributed by atoms with Crippen LogP contribution in [0, 0.1) is 0 Å². The zero-order valence-corrected chi connectivity index (χ0v) is 26.6. The Kier molecular flexibility index (Phi) is 7.67. The van der Waals surface area contributed by atoms with Gasteiger partial charge in [0.05, 0.1) is 35.8 Å². The number of nitrogens with one attached hydrogen (secondary N) is 3. The van der Waals surface area contributed by atoms with Gasteiger partial charge in [0.15, 0.2) is 17.6 Å². The van der Waals surface area contributed by atoms with Gasteiger partial charge in [-0.05, 0) is 56.0 Å². The number of hydrogen-bond acceptors (Lipinski definition) is 11. The smallest absolute Gasteiger partial charge is 0.254 e. The van der Waals surface area contributed by atoms with Crippen LogP contribution < -0.4 is 16.0 Å². The summed E-state index contributed by atoms with van der Waals surface area (Å²) in [5, 5.41) is 37.3. The minimum atomic E-state index is -0.384. The van der Waals surface area contributed by atoms with Gasteiger partial charge in [0, 0.05) is 46.5 Å². The maximum absolute atomic E-state index is 11.9. The highest BCUT2D eigenvalue weighted by Crippen LogP contribution is 2.32. The first-order valence-electron chi connectivity index (χ1n) is 16.2. The third kappa shape index (κ3) is 6.33. The number of hydrogen-bond donors (Lipinski definition) is 5. The van der Waals surface area contributed by atoms with E-state index in [0.717, 1.165) is 54.7 Å². The van der Waals surface area contributed by atoms with Crippen molar-refractivity contribution in [2.24, 2.45) is 0 Å². The summed E-state index contributed by atoms with van der Waals surface area (Å²) in [6, 6.07) is 18.4. The van der Waals surface area contributed by atoms with Crippen molar-refractivity contribution in [2.75, 3.05) is 10.6 Å². The van der Waals surface area contributed by atoms with Gasteiger partial charge in [0.2, 0.25) is 5.91 Å². The van der Waals surface area contributed by atoms with Crippen LogP contribution in [0.15, 0.2) is 78.6 Å². The van der Waals surface area contributed by atoms with Gasteiger partial charge in [-0.15, -0.1) is 0 Å². The quantitative estimate of drug-likeness (QED) is 0.0866. The molecule has 6 aromatic rings.